The highest BCUT2D eigenvalue weighted by Gasteiger charge is 2.37. The van der Waals surface area contributed by atoms with Crippen LogP contribution in [0.15, 0.2) is 0 Å². The van der Waals surface area contributed by atoms with Gasteiger partial charge in [-0.2, -0.15) is 0 Å². The van der Waals surface area contributed by atoms with Crippen LogP contribution in [0.5, 0.6) is 0 Å². The zero-order chi connectivity index (χ0) is 10.7. The van der Waals surface area contributed by atoms with Crippen LogP contribution in [0.1, 0.15) is 0 Å². The molecule has 0 aromatic rings. The topological polar surface area (TPSA) is 27.7 Å². The van der Waals surface area contributed by atoms with Gasteiger partial charge in [-0.25, -0.2) is 0 Å². The van der Waals surface area contributed by atoms with Gasteiger partial charge in [0.15, 0.2) is 8.32 Å². The Kier molecular flexibility index (Phi) is 5.98. The standard InChI is InChI=1S/C4H16Cl2O3Si4/c1-12(2,3)9-13(4,6)8-11(5)7-10/h11H,1-4,10H3. The fraction of sp³-hybridized carbons (Fsp3) is 1.00. The van der Waals surface area contributed by atoms with Gasteiger partial charge >= 0.3 is 16.5 Å². The maximum absolute atomic E-state index is 6.11. The molecule has 0 bridgehead atoms. The molecule has 0 aliphatic rings. The third-order valence-corrected chi connectivity index (χ3v) is 12.7. The third kappa shape index (κ3) is 8.33. The normalized spacial score (nSPS) is 19.8. The molecule has 0 heterocycles. The Morgan fingerprint density at radius 1 is 1.23 bits per heavy atom. The van der Waals surface area contributed by atoms with Crippen LogP contribution in [-0.4, -0.2) is 35.3 Å². The van der Waals surface area contributed by atoms with Gasteiger partial charge in [0.05, 0.1) is 0 Å². The number of hydrogen-bond donors (Lipinski definition) is 0. The quantitative estimate of drug-likeness (QED) is 0.557. The van der Waals surface area contributed by atoms with Gasteiger partial charge in [0.2, 0.25) is 0 Å². The average molecular weight is 295 g/mol. The molecule has 3 nitrogen and oxygen atoms in total. The van der Waals surface area contributed by atoms with E-state index in [4.69, 9.17) is 34.5 Å². The summed E-state index contributed by atoms with van der Waals surface area (Å²) in [6.45, 7) is 7.98. The van der Waals surface area contributed by atoms with Gasteiger partial charge in [0, 0.05) is 0 Å². The second-order valence-corrected chi connectivity index (χ2v) is 16.9. The molecule has 0 aliphatic heterocycles. The van der Waals surface area contributed by atoms with Crippen molar-refractivity contribution in [2.24, 2.45) is 0 Å². The largest absolute Gasteiger partial charge is 0.436 e. The lowest BCUT2D eigenvalue weighted by atomic mass is 11.8. The Balaban J connectivity index is 4.08. The van der Waals surface area contributed by atoms with Crippen molar-refractivity contribution in [1.82, 2.24) is 0 Å². The molecular formula is C4H16Cl2O3Si4. The SMILES string of the molecule is C[Si](C)(C)O[Si](C)(Cl)O[SiH](Cl)O[SiH3]. The third-order valence-electron chi connectivity index (χ3n) is 0.977. The van der Waals surface area contributed by atoms with Gasteiger partial charge in [-0.15, -0.1) is 22.2 Å². The number of halogens is 2. The van der Waals surface area contributed by atoms with Gasteiger partial charge in [-0.05, 0) is 26.2 Å². The van der Waals surface area contributed by atoms with E-state index in [1.165, 1.54) is 0 Å². The fourth-order valence-corrected chi connectivity index (χ4v) is 13.1. The monoisotopic (exact) mass is 294 g/mol. The summed E-state index contributed by atoms with van der Waals surface area (Å²) < 4.78 is 16.1. The Morgan fingerprint density at radius 3 is 2.00 bits per heavy atom. The predicted molar refractivity (Wildman–Crippen MR) is 67.0 cm³/mol. The van der Waals surface area contributed by atoms with Crippen LogP contribution in [0, 0.1) is 0 Å². The molecule has 0 rings (SSSR count). The van der Waals surface area contributed by atoms with Gasteiger partial charge < -0.3 is 12.3 Å². The van der Waals surface area contributed by atoms with Gasteiger partial charge in [-0.1, -0.05) is 0 Å². The molecule has 2 unspecified atom stereocenters. The highest BCUT2D eigenvalue weighted by Crippen LogP contribution is 2.20. The average Bonchev–Trinajstić information content (AvgIpc) is 1.80. The second-order valence-electron chi connectivity index (χ2n) is 3.68. The van der Waals surface area contributed by atoms with E-state index in [0.29, 0.717) is 10.5 Å². The number of rotatable bonds is 5. The summed E-state index contributed by atoms with van der Waals surface area (Å²) in [5.74, 6) is 0. The molecule has 0 amide bonds. The van der Waals surface area contributed by atoms with Crippen molar-refractivity contribution < 1.29 is 12.3 Å². The smallest absolute Gasteiger partial charge is 0.421 e. The molecule has 0 radical (unpaired) electrons. The maximum Gasteiger partial charge on any atom is 0.421 e. The van der Waals surface area contributed by atoms with Gasteiger partial charge in [0.25, 0.3) is 0 Å². The van der Waals surface area contributed by atoms with E-state index in [1.807, 2.05) is 0 Å². The van der Waals surface area contributed by atoms with E-state index < -0.39 is 24.8 Å². The van der Waals surface area contributed by atoms with E-state index in [-0.39, 0.29) is 0 Å². The van der Waals surface area contributed by atoms with Crippen molar-refractivity contribution >= 4 is 57.4 Å². The van der Waals surface area contributed by atoms with Crippen molar-refractivity contribution in [2.45, 2.75) is 26.2 Å². The van der Waals surface area contributed by atoms with Crippen LogP contribution < -0.4 is 0 Å². The lowest BCUT2D eigenvalue weighted by Gasteiger charge is -2.29. The molecule has 13 heavy (non-hydrogen) atoms. The molecule has 9 heteroatoms. The first-order valence-electron chi connectivity index (χ1n) is 3.90. The van der Waals surface area contributed by atoms with Gasteiger partial charge in [-0.3, -0.25) is 0 Å². The molecule has 0 aromatic carbocycles. The Labute approximate surface area is 95.8 Å². The van der Waals surface area contributed by atoms with Crippen LogP contribution in [0.4, 0.5) is 0 Å². The second kappa shape index (κ2) is 5.42. The summed E-state index contributed by atoms with van der Waals surface area (Å²) in [5.41, 5.74) is 0. The molecule has 80 valence electrons. The summed E-state index contributed by atoms with van der Waals surface area (Å²) >= 11 is 11.9. The lowest BCUT2D eigenvalue weighted by Crippen LogP contribution is -2.45. The van der Waals surface area contributed by atoms with Crippen LogP contribution in [0.3, 0.4) is 0 Å². The highest BCUT2D eigenvalue weighted by molar-refractivity contribution is 7.19. The molecule has 0 N–H and O–H groups in total. The molecular weight excluding hydrogens is 279 g/mol. The summed E-state index contributed by atoms with van der Waals surface area (Å²) in [6, 6.07) is 0. The Bertz CT molecular complexity index is 162. The minimum Gasteiger partial charge on any atom is -0.436 e. The van der Waals surface area contributed by atoms with E-state index >= 15 is 0 Å². The molecule has 0 saturated carbocycles. The van der Waals surface area contributed by atoms with E-state index in [1.54, 1.807) is 6.55 Å². The van der Waals surface area contributed by atoms with Crippen molar-refractivity contribution in [3.63, 3.8) is 0 Å². The molecule has 0 saturated heterocycles. The van der Waals surface area contributed by atoms with Crippen molar-refractivity contribution in [3.05, 3.63) is 0 Å². The zero-order valence-corrected chi connectivity index (χ0v) is 15.2. The van der Waals surface area contributed by atoms with Crippen molar-refractivity contribution in [1.29, 1.82) is 0 Å². The zero-order valence-electron chi connectivity index (χ0n) is 8.56. The summed E-state index contributed by atoms with van der Waals surface area (Å²) in [6.07, 6.45) is 0. The first kappa shape index (κ1) is 14.3. The molecule has 0 fully saturated rings. The lowest BCUT2D eigenvalue weighted by molar-refractivity contribution is 0.387. The molecule has 0 spiro atoms. The maximum atomic E-state index is 6.11. The minimum absolute atomic E-state index is 0.582. The Morgan fingerprint density at radius 2 is 1.69 bits per heavy atom. The summed E-state index contributed by atoms with van der Waals surface area (Å²) in [5, 5.41) is 0. The highest BCUT2D eigenvalue weighted by atomic mass is 35.6. The van der Waals surface area contributed by atoms with Crippen molar-refractivity contribution in [2.75, 3.05) is 0 Å². The van der Waals surface area contributed by atoms with E-state index in [9.17, 15) is 0 Å². The fourth-order valence-electron chi connectivity index (χ4n) is 0.785. The van der Waals surface area contributed by atoms with Crippen LogP contribution >= 0.6 is 22.2 Å². The van der Waals surface area contributed by atoms with Crippen LogP contribution in [0.2, 0.25) is 26.2 Å². The van der Waals surface area contributed by atoms with Crippen LogP contribution in [-0.2, 0) is 12.3 Å². The van der Waals surface area contributed by atoms with Crippen LogP contribution in [0.25, 0.3) is 0 Å². The molecule has 0 aromatic heterocycles. The van der Waals surface area contributed by atoms with E-state index in [0.717, 1.165) is 0 Å². The molecule has 2 atom stereocenters. The summed E-state index contributed by atoms with van der Waals surface area (Å²) in [4.78, 5) is 0. The first-order chi connectivity index (χ1) is 5.66. The minimum atomic E-state index is -2.56. The van der Waals surface area contributed by atoms with Crippen molar-refractivity contribution in [3.8, 4) is 0 Å². The molecule has 0 aliphatic carbocycles. The summed E-state index contributed by atoms with van der Waals surface area (Å²) in [7, 11) is -5.66. The Hall–Kier alpha value is 1.33. The first-order valence-corrected chi connectivity index (χ1v) is 14.1. The van der Waals surface area contributed by atoms with Gasteiger partial charge in [0.1, 0.15) is 10.5 Å². The van der Waals surface area contributed by atoms with E-state index in [2.05, 4.69) is 19.6 Å². The number of hydrogen-bond acceptors (Lipinski definition) is 3. The predicted octanol–water partition coefficient (Wildman–Crippen LogP) is 0.915.